The van der Waals surface area contributed by atoms with Crippen molar-refractivity contribution < 1.29 is 0 Å². The molecule has 2 heterocycles. The van der Waals surface area contributed by atoms with Gasteiger partial charge in [-0.15, -0.1) is 11.3 Å². The number of hydrogen-bond donors (Lipinski definition) is 1. The molecule has 1 aromatic rings. The summed E-state index contributed by atoms with van der Waals surface area (Å²) in [6.07, 6.45) is 3.87. The first-order chi connectivity index (χ1) is 9.76. The Hall–Kier alpha value is -0.650. The van der Waals surface area contributed by atoms with Crippen LogP contribution in [0.1, 0.15) is 49.6 Å². The maximum atomic E-state index is 5.89. The largest absolute Gasteiger partial charge is 0.346 e. The van der Waals surface area contributed by atoms with Gasteiger partial charge in [0.05, 0.1) is 5.69 Å². The van der Waals surface area contributed by atoms with Crippen molar-refractivity contribution in [1.29, 1.82) is 0 Å². The summed E-state index contributed by atoms with van der Waals surface area (Å²) >= 11 is 1.83. The predicted molar refractivity (Wildman–Crippen MR) is 85.5 cm³/mol. The van der Waals surface area contributed by atoms with Gasteiger partial charge in [0, 0.05) is 36.5 Å². The number of nitrogens with two attached hydrogens (primary N) is 1. The Bertz CT molecular complexity index is 451. The average Bonchev–Trinajstić information content (AvgIpc) is 3.03. The molecule has 1 atom stereocenters. The van der Waals surface area contributed by atoms with Gasteiger partial charge in [-0.25, -0.2) is 4.98 Å². The molecule has 4 nitrogen and oxygen atoms in total. The summed E-state index contributed by atoms with van der Waals surface area (Å²) in [4.78, 5) is 11.3. The molecule has 0 spiro atoms. The molecule has 2 N–H and O–H groups in total. The summed E-state index contributed by atoms with van der Waals surface area (Å²) in [7, 11) is 0. The van der Waals surface area contributed by atoms with Gasteiger partial charge in [-0.3, -0.25) is 4.90 Å². The molecule has 1 aliphatic carbocycles. The van der Waals surface area contributed by atoms with Gasteiger partial charge >= 0.3 is 0 Å². The molecule has 3 rings (SSSR count). The fraction of sp³-hybridized carbons (Fsp3) is 0.800. The summed E-state index contributed by atoms with van der Waals surface area (Å²) in [5, 5.41) is 1.21. The average molecular weight is 294 g/mol. The molecule has 1 aromatic heterocycles. The van der Waals surface area contributed by atoms with Crippen molar-refractivity contribution in [2.24, 2.45) is 5.73 Å². The normalized spacial score (nSPS) is 23.0. The van der Waals surface area contributed by atoms with Gasteiger partial charge < -0.3 is 10.6 Å². The Morgan fingerprint density at radius 3 is 2.65 bits per heavy atom. The standard InChI is InChI=1S/C15H26N4S/c1-3-18(4-2)12-7-8-19(10-12)15-17-14(11-5-6-11)13(9-16)20-15/h11-12H,3-10,16H2,1-2H3. The summed E-state index contributed by atoms with van der Waals surface area (Å²) < 4.78 is 0. The van der Waals surface area contributed by atoms with E-state index in [0.29, 0.717) is 18.5 Å². The van der Waals surface area contributed by atoms with E-state index >= 15 is 0 Å². The van der Waals surface area contributed by atoms with Crippen LogP contribution in [0.5, 0.6) is 0 Å². The summed E-state index contributed by atoms with van der Waals surface area (Å²) in [6.45, 7) is 9.73. The Kier molecular flexibility index (Phi) is 4.29. The van der Waals surface area contributed by atoms with Crippen molar-refractivity contribution >= 4 is 16.5 Å². The molecule has 1 saturated heterocycles. The van der Waals surface area contributed by atoms with E-state index < -0.39 is 0 Å². The van der Waals surface area contributed by atoms with E-state index in [2.05, 4.69) is 23.6 Å². The lowest BCUT2D eigenvalue weighted by Crippen LogP contribution is -2.37. The van der Waals surface area contributed by atoms with Crippen molar-refractivity contribution in [1.82, 2.24) is 9.88 Å². The highest BCUT2D eigenvalue weighted by molar-refractivity contribution is 7.15. The molecule has 1 unspecified atom stereocenters. The predicted octanol–water partition coefficient (Wildman–Crippen LogP) is 2.40. The number of aromatic nitrogens is 1. The molecule has 0 radical (unpaired) electrons. The van der Waals surface area contributed by atoms with Gasteiger partial charge in [0.25, 0.3) is 0 Å². The maximum absolute atomic E-state index is 5.89. The van der Waals surface area contributed by atoms with Crippen LogP contribution in [0.4, 0.5) is 5.13 Å². The molecule has 1 saturated carbocycles. The van der Waals surface area contributed by atoms with Crippen molar-refractivity contribution in [3.8, 4) is 0 Å². The van der Waals surface area contributed by atoms with Crippen LogP contribution in [-0.2, 0) is 6.54 Å². The molecular formula is C15H26N4S. The summed E-state index contributed by atoms with van der Waals surface area (Å²) in [5.74, 6) is 0.708. The second-order valence-corrected chi connectivity index (χ2v) is 6.96. The van der Waals surface area contributed by atoms with Crippen LogP contribution in [0.15, 0.2) is 0 Å². The molecular weight excluding hydrogens is 268 g/mol. The van der Waals surface area contributed by atoms with Gasteiger partial charge in [-0.2, -0.15) is 0 Å². The molecule has 5 heteroatoms. The second kappa shape index (κ2) is 6.00. The Labute approximate surface area is 126 Å². The van der Waals surface area contributed by atoms with Crippen LogP contribution < -0.4 is 10.6 Å². The molecule has 1 aliphatic heterocycles. The fourth-order valence-corrected chi connectivity index (χ4v) is 4.32. The van der Waals surface area contributed by atoms with Gasteiger partial charge in [0.2, 0.25) is 0 Å². The van der Waals surface area contributed by atoms with E-state index in [4.69, 9.17) is 10.7 Å². The zero-order valence-corrected chi connectivity index (χ0v) is 13.5. The van der Waals surface area contributed by atoms with Gasteiger partial charge in [0.15, 0.2) is 5.13 Å². The van der Waals surface area contributed by atoms with E-state index in [1.807, 2.05) is 11.3 Å². The topological polar surface area (TPSA) is 45.4 Å². The third-order valence-electron chi connectivity index (χ3n) is 4.63. The first-order valence-corrected chi connectivity index (χ1v) is 8.77. The molecule has 112 valence electrons. The van der Waals surface area contributed by atoms with E-state index in [1.165, 1.54) is 35.0 Å². The zero-order valence-electron chi connectivity index (χ0n) is 12.6. The first-order valence-electron chi connectivity index (χ1n) is 7.95. The molecule has 0 aromatic carbocycles. The Morgan fingerprint density at radius 2 is 2.05 bits per heavy atom. The fourth-order valence-electron chi connectivity index (χ4n) is 3.26. The summed E-state index contributed by atoms with van der Waals surface area (Å²) in [6, 6.07) is 0.694. The molecule has 2 fully saturated rings. The molecule has 0 bridgehead atoms. The van der Waals surface area contributed by atoms with Crippen molar-refractivity contribution in [3.63, 3.8) is 0 Å². The lowest BCUT2D eigenvalue weighted by molar-refractivity contribution is 0.232. The minimum Gasteiger partial charge on any atom is -0.346 e. The number of likely N-dealkylation sites (N-methyl/N-ethyl adjacent to an activating group) is 1. The SMILES string of the molecule is CCN(CC)C1CCN(c2nc(C3CC3)c(CN)s2)C1. The highest BCUT2D eigenvalue weighted by Gasteiger charge is 2.32. The smallest absolute Gasteiger partial charge is 0.185 e. The number of nitrogens with zero attached hydrogens (tertiary/aromatic N) is 3. The van der Waals surface area contributed by atoms with Crippen molar-refractivity contribution in [2.75, 3.05) is 31.1 Å². The highest BCUT2D eigenvalue weighted by atomic mass is 32.1. The highest BCUT2D eigenvalue weighted by Crippen LogP contribution is 2.44. The second-order valence-electron chi connectivity index (χ2n) is 5.89. The minimum absolute atomic E-state index is 0.650. The van der Waals surface area contributed by atoms with Gasteiger partial charge in [-0.05, 0) is 32.4 Å². The molecule has 2 aliphatic rings. The van der Waals surface area contributed by atoms with Crippen LogP contribution in [0.2, 0.25) is 0 Å². The Morgan fingerprint density at radius 1 is 1.30 bits per heavy atom. The zero-order chi connectivity index (χ0) is 14.1. The number of rotatable bonds is 6. The monoisotopic (exact) mass is 294 g/mol. The van der Waals surface area contributed by atoms with Crippen LogP contribution in [-0.4, -0.2) is 42.1 Å². The lowest BCUT2D eigenvalue weighted by Gasteiger charge is -2.25. The number of thiazole rings is 1. The number of anilines is 1. The van der Waals surface area contributed by atoms with Crippen molar-refractivity contribution in [2.45, 2.75) is 51.6 Å². The van der Waals surface area contributed by atoms with E-state index in [9.17, 15) is 0 Å². The van der Waals surface area contributed by atoms with Crippen LogP contribution in [0, 0.1) is 0 Å². The third kappa shape index (κ3) is 2.71. The molecule has 0 amide bonds. The quantitative estimate of drug-likeness (QED) is 0.875. The maximum Gasteiger partial charge on any atom is 0.185 e. The first kappa shape index (κ1) is 14.3. The van der Waals surface area contributed by atoms with Gasteiger partial charge in [-0.1, -0.05) is 13.8 Å². The minimum atomic E-state index is 0.650. The summed E-state index contributed by atoms with van der Waals surface area (Å²) in [5.41, 5.74) is 7.19. The lowest BCUT2D eigenvalue weighted by atomic mass is 10.2. The van der Waals surface area contributed by atoms with Crippen LogP contribution >= 0.6 is 11.3 Å². The molecule has 20 heavy (non-hydrogen) atoms. The van der Waals surface area contributed by atoms with Crippen LogP contribution in [0.3, 0.4) is 0 Å². The number of hydrogen-bond acceptors (Lipinski definition) is 5. The van der Waals surface area contributed by atoms with E-state index in [1.54, 1.807) is 0 Å². The third-order valence-corrected chi connectivity index (χ3v) is 5.78. The van der Waals surface area contributed by atoms with E-state index in [0.717, 1.165) is 26.2 Å². The van der Waals surface area contributed by atoms with Crippen LogP contribution in [0.25, 0.3) is 0 Å². The van der Waals surface area contributed by atoms with Crippen molar-refractivity contribution in [3.05, 3.63) is 10.6 Å². The van der Waals surface area contributed by atoms with Gasteiger partial charge in [0.1, 0.15) is 0 Å². The van der Waals surface area contributed by atoms with E-state index in [-0.39, 0.29) is 0 Å². The Balaban J connectivity index is 1.71.